The van der Waals surface area contributed by atoms with Gasteiger partial charge in [-0.25, -0.2) is 22.8 Å². The largest absolute Gasteiger partial charge is 0.494 e. The number of para-hydroxylation sites is 1. The van der Waals surface area contributed by atoms with Crippen LogP contribution in [0.15, 0.2) is 30.6 Å². The maximum atomic E-state index is 13.6. The van der Waals surface area contributed by atoms with Crippen molar-refractivity contribution in [1.82, 2.24) is 24.7 Å². The molecule has 0 aliphatic carbocycles. The van der Waals surface area contributed by atoms with Gasteiger partial charge in [0, 0.05) is 19.7 Å². The van der Waals surface area contributed by atoms with Gasteiger partial charge in [0.15, 0.2) is 11.6 Å². The SMILES string of the molecule is COc1cccc(OC)c1-n1c(NS(=O)(=O)[C@H]2C[C@H](O)CN(c3ncc(F)cn3)C2)nnc1[C@@H]1CCCO1. The first-order chi connectivity index (χ1) is 18.3. The van der Waals surface area contributed by atoms with E-state index in [9.17, 15) is 17.9 Å². The Hall–Kier alpha value is -3.56. The van der Waals surface area contributed by atoms with Crippen LogP contribution in [0.1, 0.15) is 31.2 Å². The molecule has 0 unspecified atom stereocenters. The molecule has 0 radical (unpaired) electrons. The average molecular weight is 550 g/mol. The fourth-order valence-electron chi connectivity index (χ4n) is 4.72. The minimum atomic E-state index is -4.13. The van der Waals surface area contributed by atoms with Crippen LogP contribution in [-0.4, -0.2) is 83.5 Å². The first kappa shape index (κ1) is 26.1. The lowest BCUT2D eigenvalue weighted by atomic mass is 10.1. The molecule has 2 N–H and O–H groups in total. The summed E-state index contributed by atoms with van der Waals surface area (Å²) >= 11 is 0. The smallest absolute Gasteiger partial charge is 0.243 e. The van der Waals surface area contributed by atoms with Crippen LogP contribution < -0.4 is 19.1 Å². The van der Waals surface area contributed by atoms with E-state index in [2.05, 4.69) is 24.9 Å². The molecule has 38 heavy (non-hydrogen) atoms. The molecule has 0 spiro atoms. The zero-order chi connectivity index (χ0) is 26.9. The van der Waals surface area contributed by atoms with Crippen molar-refractivity contribution >= 4 is 21.9 Å². The lowest BCUT2D eigenvalue weighted by Gasteiger charge is -2.35. The third kappa shape index (κ3) is 5.08. The second-order valence-corrected chi connectivity index (χ2v) is 11.0. The molecular formula is C23H28FN7O6S. The van der Waals surface area contributed by atoms with Gasteiger partial charge < -0.3 is 24.2 Å². The second kappa shape index (κ2) is 10.7. The first-order valence-corrected chi connectivity index (χ1v) is 13.6. The number of aliphatic hydroxyl groups is 1. The number of hydrogen-bond donors (Lipinski definition) is 2. The minimum Gasteiger partial charge on any atom is -0.494 e. The number of ether oxygens (including phenoxy) is 3. The van der Waals surface area contributed by atoms with Crippen molar-refractivity contribution in [1.29, 1.82) is 0 Å². The van der Waals surface area contributed by atoms with E-state index in [1.54, 1.807) is 18.2 Å². The van der Waals surface area contributed by atoms with Gasteiger partial charge in [0.1, 0.15) is 28.5 Å². The maximum absolute atomic E-state index is 13.6. The van der Waals surface area contributed by atoms with E-state index in [-0.39, 0.29) is 31.4 Å². The van der Waals surface area contributed by atoms with Crippen LogP contribution in [0, 0.1) is 5.82 Å². The van der Waals surface area contributed by atoms with Crippen molar-refractivity contribution in [3.63, 3.8) is 0 Å². The lowest BCUT2D eigenvalue weighted by Crippen LogP contribution is -2.50. The molecule has 2 aliphatic heterocycles. The number of anilines is 2. The third-order valence-electron chi connectivity index (χ3n) is 6.48. The van der Waals surface area contributed by atoms with Crippen LogP contribution in [0.25, 0.3) is 5.69 Å². The molecule has 3 atom stereocenters. The molecule has 0 saturated carbocycles. The quantitative estimate of drug-likeness (QED) is 0.420. The fraction of sp³-hybridized carbons (Fsp3) is 0.478. The van der Waals surface area contributed by atoms with Gasteiger partial charge in [-0.15, -0.1) is 10.2 Å². The number of methoxy groups -OCH3 is 2. The van der Waals surface area contributed by atoms with Crippen molar-refractivity contribution in [3.8, 4) is 17.2 Å². The van der Waals surface area contributed by atoms with Crippen molar-refractivity contribution < 1.29 is 32.1 Å². The summed E-state index contributed by atoms with van der Waals surface area (Å²) < 4.78 is 61.6. The third-order valence-corrected chi connectivity index (χ3v) is 8.17. The van der Waals surface area contributed by atoms with Crippen molar-refractivity contribution in [2.24, 2.45) is 0 Å². The summed E-state index contributed by atoms with van der Waals surface area (Å²) in [5, 5.41) is 17.8. The van der Waals surface area contributed by atoms with Crippen LogP contribution in [0.5, 0.6) is 11.5 Å². The van der Waals surface area contributed by atoms with Gasteiger partial charge in [0.25, 0.3) is 0 Å². The minimum absolute atomic E-state index is 0.0251. The van der Waals surface area contributed by atoms with Crippen LogP contribution in [-0.2, 0) is 14.8 Å². The number of halogens is 1. The van der Waals surface area contributed by atoms with E-state index in [4.69, 9.17) is 14.2 Å². The van der Waals surface area contributed by atoms with Crippen molar-refractivity contribution in [3.05, 3.63) is 42.2 Å². The fourth-order valence-corrected chi connectivity index (χ4v) is 6.12. The molecule has 2 saturated heterocycles. The Morgan fingerprint density at radius 1 is 1.13 bits per heavy atom. The van der Waals surface area contributed by atoms with E-state index in [1.807, 2.05) is 0 Å². The normalized spacial score (nSPS) is 21.9. The lowest BCUT2D eigenvalue weighted by molar-refractivity contribution is 0.103. The van der Waals surface area contributed by atoms with Gasteiger partial charge in [0.05, 0.1) is 32.7 Å². The molecule has 0 bridgehead atoms. The van der Waals surface area contributed by atoms with E-state index in [0.717, 1.165) is 18.8 Å². The summed E-state index contributed by atoms with van der Waals surface area (Å²) in [6.45, 7) is 0.626. The van der Waals surface area contributed by atoms with Crippen LogP contribution in [0.4, 0.5) is 16.3 Å². The summed E-state index contributed by atoms with van der Waals surface area (Å²) in [5.74, 6) is 0.641. The Bertz CT molecular complexity index is 1360. The number of piperidine rings is 1. The maximum Gasteiger partial charge on any atom is 0.243 e. The predicted octanol–water partition coefficient (Wildman–Crippen LogP) is 1.45. The van der Waals surface area contributed by atoms with Crippen LogP contribution in [0.2, 0.25) is 0 Å². The van der Waals surface area contributed by atoms with Gasteiger partial charge in [-0.05, 0) is 31.4 Å². The second-order valence-electron chi connectivity index (χ2n) is 8.99. The Balaban J connectivity index is 1.51. The summed E-state index contributed by atoms with van der Waals surface area (Å²) in [5.41, 5.74) is 0.413. The van der Waals surface area contributed by atoms with E-state index < -0.39 is 33.3 Å². The first-order valence-electron chi connectivity index (χ1n) is 12.0. The number of rotatable bonds is 8. The number of aromatic nitrogens is 5. The number of nitrogens with one attached hydrogen (secondary N) is 1. The standard InChI is InChI=1S/C23H28FN7O6S/c1-35-17-5-3-6-18(36-2)20(17)31-21(19-7-4-8-37-19)27-28-23(31)29-38(33,34)16-9-15(32)12-30(13-16)22-25-10-14(24)11-26-22/h3,5-6,10-11,15-16,19,32H,4,7-9,12-13H2,1-2H3,(H,28,29)/t15-,16-,19-/m0/s1. The van der Waals surface area contributed by atoms with Gasteiger partial charge in [-0.3, -0.25) is 9.29 Å². The number of β-amino-alcohol motifs (C(OH)–C–C–N with tert-alkyl or cyclic N) is 1. The van der Waals surface area contributed by atoms with E-state index in [1.165, 1.54) is 23.7 Å². The molecule has 2 fully saturated rings. The summed E-state index contributed by atoms with van der Waals surface area (Å²) in [6, 6.07) is 5.18. The average Bonchev–Trinajstić information content (AvgIpc) is 3.58. The van der Waals surface area contributed by atoms with Gasteiger partial charge >= 0.3 is 0 Å². The molecule has 2 aliphatic rings. The Morgan fingerprint density at radius 2 is 1.84 bits per heavy atom. The molecular weight excluding hydrogens is 521 g/mol. The van der Waals surface area contributed by atoms with Gasteiger partial charge in [-0.2, -0.15) is 0 Å². The summed E-state index contributed by atoms with van der Waals surface area (Å²) in [7, 11) is -1.14. The molecule has 13 nitrogen and oxygen atoms in total. The highest BCUT2D eigenvalue weighted by Gasteiger charge is 2.38. The highest BCUT2D eigenvalue weighted by atomic mass is 32.2. The monoisotopic (exact) mass is 549 g/mol. The molecule has 0 amide bonds. The molecule has 1 aromatic carbocycles. The zero-order valence-corrected chi connectivity index (χ0v) is 21.6. The zero-order valence-electron chi connectivity index (χ0n) is 20.8. The highest BCUT2D eigenvalue weighted by Crippen LogP contribution is 2.39. The molecule has 204 valence electrons. The number of benzene rings is 1. The Labute approximate surface area is 218 Å². The van der Waals surface area contributed by atoms with Gasteiger partial charge in [0.2, 0.25) is 21.9 Å². The predicted molar refractivity (Wildman–Crippen MR) is 134 cm³/mol. The summed E-state index contributed by atoms with van der Waals surface area (Å²) in [6.07, 6.45) is 2.07. The number of hydrogen-bond acceptors (Lipinski definition) is 11. The molecule has 15 heteroatoms. The molecule has 2 aromatic heterocycles. The van der Waals surface area contributed by atoms with Gasteiger partial charge in [-0.1, -0.05) is 6.07 Å². The highest BCUT2D eigenvalue weighted by molar-refractivity contribution is 7.93. The number of nitrogens with zero attached hydrogens (tertiary/aromatic N) is 6. The summed E-state index contributed by atoms with van der Waals surface area (Å²) in [4.78, 5) is 9.35. The van der Waals surface area contributed by atoms with Crippen molar-refractivity contribution in [2.75, 3.05) is 43.5 Å². The number of aliphatic hydroxyl groups excluding tert-OH is 1. The molecule has 4 heterocycles. The van der Waals surface area contributed by atoms with Crippen LogP contribution in [0.3, 0.4) is 0 Å². The van der Waals surface area contributed by atoms with E-state index in [0.29, 0.717) is 36.0 Å². The Morgan fingerprint density at radius 3 is 2.47 bits per heavy atom. The topological polar surface area (TPSA) is 154 Å². The number of sulfonamides is 1. The van der Waals surface area contributed by atoms with Crippen molar-refractivity contribution in [2.45, 2.75) is 36.7 Å². The van der Waals surface area contributed by atoms with E-state index >= 15 is 0 Å². The van der Waals surface area contributed by atoms with Crippen LogP contribution >= 0.6 is 0 Å². The molecule has 3 aromatic rings. The molecule has 5 rings (SSSR count). The Kier molecular flexibility index (Phi) is 7.32.